The van der Waals surface area contributed by atoms with Gasteiger partial charge in [0.25, 0.3) is 0 Å². The Balaban J connectivity index is 3.02. The molecule has 0 aliphatic carbocycles. The van der Waals surface area contributed by atoms with E-state index in [1.165, 1.54) is 0 Å². The largest absolute Gasteiger partial charge is 0.369 e. The number of benzene rings is 1. The van der Waals surface area contributed by atoms with Gasteiger partial charge in [-0.2, -0.15) is 5.26 Å². The van der Waals surface area contributed by atoms with Crippen LogP contribution in [0.1, 0.15) is 18.4 Å². The van der Waals surface area contributed by atoms with Gasteiger partial charge in [0.05, 0.1) is 10.9 Å². The van der Waals surface area contributed by atoms with Gasteiger partial charge in [0.15, 0.2) is 0 Å². The molecule has 1 aromatic rings. The minimum Gasteiger partial charge on any atom is -0.369 e. The molecule has 5 heteroatoms. The van der Waals surface area contributed by atoms with Crippen LogP contribution in [-0.4, -0.2) is 5.91 Å². The molecule has 0 spiro atoms. The summed E-state index contributed by atoms with van der Waals surface area (Å²) in [4.78, 5) is 11.5. The number of amides is 1. The van der Waals surface area contributed by atoms with Crippen molar-refractivity contribution in [3.05, 3.63) is 28.8 Å². The van der Waals surface area contributed by atoms with Crippen molar-refractivity contribution < 1.29 is 4.79 Å². The number of nitriles is 1. The lowest BCUT2D eigenvalue weighted by Crippen LogP contribution is -2.18. The Kier molecular flexibility index (Phi) is 4.01. The second-order valence-electron chi connectivity index (χ2n) is 2.92. The van der Waals surface area contributed by atoms with E-state index in [9.17, 15) is 4.79 Å². The minimum atomic E-state index is -0.428. The van der Waals surface area contributed by atoms with Gasteiger partial charge in [-0.1, -0.05) is 11.6 Å². The Labute approximate surface area is 97.2 Å². The van der Waals surface area contributed by atoms with E-state index in [-0.39, 0.29) is 0 Å². The fourth-order valence-electron chi connectivity index (χ4n) is 0.998. The lowest BCUT2D eigenvalue weighted by molar-refractivity contribution is -0.119. The van der Waals surface area contributed by atoms with Crippen molar-refractivity contribution in [1.82, 2.24) is 0 Å². The van der Waals surface area contributed by atoms with Crippen LogP contribution in [0, 0.1) is 16.7 Å². The van der Waals surface area contributed by atoms with Crippen LogP contribution >= 0.6 is 23.4 Å². The Morgan fingerprint density at radius 2 is 2.47 bits per heavy atom. The second kappa shape index (κ2) is 5.06. The van der Waals surface area contributed by atoms with E-state index in [2.05, 4.69) is 6.07 Å². The average Bonchev–Trinajstić information content (AvgIpc) is 2.20. The van der Waals surface area contributed by atoms with Gasteiger partial charge in [-0.3, -0.25) is 4.79 Å². The summed E-state index contributed by atoms with van der Waals surface area (Å²) in [6, 6.07) is 6.08. The molecular weight excluding hydrogens is 232 g/mol. The molecule has 1 unspecified atom stereocenters. The number of carbonyl (C=O) groups excluding carboxylic acids is 1. The van der Waals surface area contributed by atoms with Gasteiger partial charge in [0.2, 0.25) is 5.91 Å². The van der Waals surface area contributed by atoms with E-state index in [1.54, 1.807) is 19.1 Å². The summed E-state index contributed by atoms with van der Waals surface area (Å²) in [5.74, 6) is -0.855. The second-order valence-corrected chi connectivity index (χ2v) is 4.15. The van der Waals surface area contributed by atoms with Crippen molar-refractivity contribution in [3.63, 3.8) is 0 Å². The van der Waals surface area contributed by atoms with E-state index in [0.29, 0.717) is 15.5 Å². The van der Waals surface area contributed by atoms with Gasteiger partial charge in [0, 0.05) is 4.90 Å². The molecule has 0 saturated carbocycles. The Morgan fingerprint density at radius 1 is 1.80 bits per heavy atom. The summed E-state index contributed by atoms with van der Waals surface area (Å²) in [5, 5.41) is 10.8. The zero-order chi connectivity index (χ0) is 11.4. The van der Waals surface area contributed by atoms with Gasteiger partial charge in [-0.15, -0.1) is 0 Å². The number of halogens is 1. The molecule has 0 aliphatic heterocycles. The van der Waals surface area contributed by atoms with Crippen LogP contribution in [-0.2, 0) is 4.79 Å². The monoisotopic (exact) mass is 239 g/mol. The molecule has 1 amide bonds. The van der Waals surface area contributed by atoms with E-state index in [1.807, 2.05) is 5.40 Å². The fraction of sp³-hybridized carbons (Fsp3) is 0.200. The summed E-state index contributed by atoms with van der Waals surface area (Å²) >= 11 is 6.87. The first kappa shape index (κ1) is 11.9. The number of nitrogens with zero attached hydrogens (tertiary/aromatic N) is 1. The molecule has 1 radical (unpaired) electrons. The van der Waals surface area contributed by atoms with E-state index < -0.39 is 11.8 Å². The van der Waals surface area contributed by atoms with Crippen molar-refractivity contribution in [2.75, 3.05) is 0 Å². The Morgan fingerprint density at radius 3 is 2.93 bits per heavy atom. The Hall–Kier alpha value is -1.18. The lowest BCUT2D eigenvalue weighted by Gasteiger charge is -2.08. The number of thiocyanates is 1. The summed E-state index contributed by atoms with van der Waals surface area (Å²) in [5.41, 5.74) is 5.79. The molecule has 1 aromatic carbocycles. The summed E-state index contributed by atoms with van der Waals surface area (Å²) in [6.07, 6.45) is 0. The molecule has 1 atom stereocenters. The van der Waals surface area contributed by atoms with Gasteiger partial charge in [0.1, 0.15) is 5.40 Å². The van der Waals surface area contributed by atoms with Gasteiger partial charge in [-0.05, 0) is 42.4 Å². The molecule has 77 valence electrons. The van der Waals surface area contributed by atoms with Crippen molar-refractivity contribution in [2.45, 2.75) is 17.7 Å². The molecule has 0 fully saturated rings. The van der Waals surface area contributed by atoms with Gasteiger partial charge >= 0.3 is 0 Å². The summed E-state index contributed by atoms with van der Waals surface area (Å²) in [6.45, 7) is 1.68. The van der Waals surface area contributed by atoms with Crippen molar-refractivity contribution in [1.29, 1.82) is 5.26 Å². The van der Waals surface area contributed by atoms with Crippen molar-refractivity contribution in [3.8, 4) is 5.40 Å². The van der Waals surface area contributed by atoms with Gasteiger partial charge < -0.3 is 5.73 Å². The normalized spacial score (nSPS) is 11.8. The van der Waals surface area contributed by atoms with E-state index in [0.717, 1.165) is 11.8 Å². The smallest absolute Gasteiger partial charge is 0.224 e. The predicted octanol–water partition coefficient (Wildman–Crippen LogP) is 2.30. The lowest BCUT2D eigenvalue weighted by atomic mass is 10.0. The number of hydrogen-bond donors (Lipinski definition) is 1. The van der Waals surface area contributed by atoms with Crippen LogP contribution in [0.2, 0.25) is 5.02 Å². The van der Waals surface area contributed by atoms with E-state index >= 15 is 0 Å². The Bertz CT molecular complexity index is 428. The maximum absolute atomic E-state index is 10.9. The highest BCUT2D eigenvalue weighted by molar-refractivity contribution is 8.03. The first-order valence-electron chi connectivity index (χ1n) is 4.12. The fourth-order valence-corrected chi connectivity index (χ4v) is 1.66. The minimum absolute atomic E-state index is 0.427. The number of carbonyl (C=O) groups is 1. The predicted molar refractivity (Wildman–Crippen MR) is 59.4 cm³/mol. The SMILES string of the molecule is CC(C(N)=O)c1[c]cc(SC#N)c(Cl)c1. The van der Waals surface area contributed by atoms with Crippen LogP contribution in [0.4, 0.5) is 0 Å². The standard InChI is InChI=1S/C10H8ClN2OS/c1-6(10(13)14)7-2-3-9(15-5-12)8(11)4-7/h3-4,6H,1H3,(H2,13,14). The highest BCUT2D eigenvalue weighted by Crippen LogP contribution is 2.29. The molecule has 0 saturated heterocycles. The number of hydrogen-bond acceptors (Lipinski definition) is 3. The number of thioether (sulfide) groups is 1. The van der Waals surface area contributed by atoms with Crippen LogP contribution in [0.3, 0.4) is 0 Å². The average molecular weight is 240 g/mol. The molecular formula is C10H8ClN2OS. The van der Waals surface area contributed by atoms with Crippen LogP contribution in [0.5, 0.6) is 0 Å². The molecule has 3 nitrogen and oxygen atoms in total. The van der Waals surface area contributed by atoms with Crippen LogP contribution < -0.4 is 5.73 Å². The zero-order valence-corrected chi connectivity index (χ0v) is 9.52. The summed E-state index contributed by atoms with van der Waals surface area (Å²) in [7, 11) is 0. The molecule has 0 aromatic heterocycles. The van der Waals surface area contributed by atoms with Crippen molar-refractivity contribution in [2.24, 2.45) is 5.73 Å². The van der Waals surface area contributed by atoms with E-state index in [4.69, 9.17) is 22.6 Å². The van der Waals surface area contributed by atoms with Crippen LogP contribution in [0.25, 0.3) is 0 Å². The molecule has 0 heterocycles. The third-order valence-corrected chi connectivity index (χ3v) is 3.01. The molecule has 2 N–H and O–H groups in total. The molecule has 0 bridgehead atoms. The van der Waals surface area contributed by atoms with Crippen molar-refractivity contribution >= 4 is 29.3 Å². The molecule has 0 aliphatic rings. The highest BCUT2D eigenvalue weighted by Gasteiger charge is 2.13. The quantitative estimate of drug-likeness (QED) is 0.650. The number of rotatable bonds is 3. The zero-order valence-electron chi connectivity index (χ0n) is 7.95. The maximum atomic E-state index is 10.9. The topological polar surface area (TPSA) is 66.9 Å². The number of primary amides is 1. The maximum Gasteiger partial charge on any atom is 0.224 e. The third kappa shape index (κ3) is 2.88. The van der Waals surface area contributed by atoms with Crippen LogP contribution in [0.15, 0.2) is 17.0 Å². The number of nitrogens with two attached hydrogens (primary N) is 1. The van der Waals surface area contributed by atoms with Gasteiger partial charge in [-0.25, -0.2) is 0 Å². The third-order valence-electron chi connectivity index (χ3n) is 1.94. The highest BCUT2D eigenvalue weighted by atomic mass is 35.5. The first-order valence-corrected chi connectivity index (χ1v) is 5.32. The first-order chi connectivity index (χ1) is 7.06. The summed E-state index contributed by atoms with van der Waals surface area (Å²) < 4.78 is 0. The molecule has 15 heavy (non-hydrogen) atoms. The molecule has 1 rings (SSSR count).